The molecule has 19 heavy (non-hydrogen) atoms. The summed E-state index contributed by atoms with van der Waals surface area (Å²) >= 11 is 6.13. The van der Waals surface area contributed by atoms with Crippen molar-refractivity contribution in [2.45, 2.75) is 26.8 Å². The lowest BCUT2D eigenvalue weighted by Gasteiger charge is -2.11. The van der Waals surface area contributed by atoms with Crippen molar-refractivity contribution in [1.29, 1.82) is 0 Å². The number of para-hydroxylation sites is 1. The number of nitrogens with one attached hydrogen (secondary N) is 1. The van der Waals surface area contributed by atoms with Gasteiger partial charge >= 0.3 is 5.69 Å². The molecule has 0 fully saturated rings. The number of anilines is 1. The standard InChI is InChI=1S/C13H15ClN4O/c1-8(2)16-12-15-7-18(13(19)17-12)11-9(3)5-4-6-10(11)14/h4-8H,1-3H3,(H,16,17,19). The van der Waals surface area contributed by atoms with Crippen LogP contribution in [0.3, 0.4) is 0 Å². The monoisotopic (exact) mass is 278 g/mol. The highest BCUT2D eigenvalue weighted by Gasteiger charge is 2.10. The fourth-order valence-corrected chi connectivity index (χ4v) is 2.06. The van der Waals surface area contributed by atoms with E-state index in [-0.39, 0.29) is 6.04 Å². The van der Waals surface area contributed by atoms with E-state index >= 15 is 0 Å². The number of hydrogen-bond donors (Lipinski definition) is 1. The van der Waals surface area contributed by atoms with Crippen LogP contribution in [0.25, 0.3) is 5.69 Å². The van der Waals surface area contributed by atoms with Gasteiger partial charge in [-0.05, 0) is 32.4 Å². The summed E-state index contributed by atoms with van der Waals surface area (Å²) in [6, 6.07) is 5.61. The van der Waals surface area contributed by atoms with Crippen LogP contribution < -0.4 is 11.0 Å². The predicted molar refractivity (Wildman–Crippen MR) is 76.1 cm³/mol. The largest absolute Gasteiger partial charge is 0.356 e. The number of hydrogen-bond acceptors (Lipinski definition) is 4. The molecular weight excluding hydrogens is 264 g/mol. The SMILES string of the molecule is Cc1cccc(Cl)c1-n1cnc(NC(C)C)nc1=O. The topological polar surface area (TPSA) is 59.8 Å². The van der Waals surface area contributed by atoms with Gasteiger partial charge in [-0.3, -0.25) is 0 Å². The first kappa shape index (κ1) is 13.5. The van der Waals surface area contributed by atoms with Crippen molar-refractivity contribution in [3.05, 3.63) is 45.6 Å². The summed E-state index contributed by atoms with van der Waals surface area (Å²) in [5, 5.41) is 3.48. The van der Waals surface area contributed by atoms with Gasteiger partial charge in [0.1, 0.15) is 6.33 Å². The second-order valence-corrected chi connectivity index (χ2v) is 4.94. The van der Waals surface area contributed by atoms with E-state index in [1.165, 1.54) is 10.9 Å². The van der Waals surface area contributed by atoms with Crippen LogP contribution in [0.4, 0.5) is 5.95 Å². The van der Waals surface area contributed by atoms with Crippen molar-refractivity contribution < 1.29 is 0 Å². The zero-order chi connectivity index (χ0) is 14.0. The maximum Gasteiger partial charge on any atom is 0.356 e. The Morgan fingerprint density at radius 3 is 2.68 bits per heavy atom. The summed E-state index contributed by atoms with van der Waals surface area (Å²) in [4.78, 5) is 20.1. The van der Waals surface area contributed by atoms with Crippen LogP contribution in [0.5, 0.6) is 0 Å². The van der Waals surface area contributed by atoms with Gasteiger partial charge in [0.05, 0.1) is 10.7 Å². The maximum atomic E-state index is 12.0. The van der Waals surface area contributed by atoms with Crippen LogP contribution in [0.15, 0.2) is 29.3 Å². The van der Waals surface area contributed by atoms with Crippen molar-refractivity contribution in [2.24, 2.45) is 0 Å². The quantitative estimate of drug-likeness (QED) is 0.937. The minimum atomic E-state index is -0.408. The van der Waals surface area contributed by atoms with E-state index < -0.39 is 5.69 Å². The molecule has 0 aliphatic heterocycles. The molecule has 1 aromatic carbocycles. The lowest BCUT2D eigenvalue weighted by atomic mass is 10.2. The molecule has 0 saturated carbocycles. The Balaban J connectivity index is 2.50. The molecule has 100 valence electrons. The predicted octanol–water partition coefficient (Wildman–Crippen LogP) is 2.41. The molecule has 5 nitrogen and oxygen atoms in total. The van der Waals surface area contributed by atoms with E-state index in [1.54, 1.807) is 6.07 Å². The number of aromatic nitrogens is 3. The number of benzene rings is 1. The van der Waals surface area contributed by atoms with Crippen molar-refractivity contribution in [3.63, 3.8) is 0 Å². The first-order valence-corrected chi connectivity index (χ1v) is 6.34. The molecule has 0 aliphatic rings. The molecular formula is C13H15ClN4O. The molecule has 0 atom stereocenters. The molecule has 1 heterocycles. The van der Waals surface area contributed by atoms with Gasteiger partial charge in [-0.25, -0.2) is 14.3 Å². The van der Waals surface area contributed by atoms with E-state index in [9.17, 15) is 4.79 Å². The first-order valence-electron chi connectivity index (χ1n) is 5.96. The summed E-state index contributed by atoms with van der Waals surface area (Å²) < 4.78 is 1.35. The molecule has 1 N–H and O–H groups in total. The zero-order valence-electron chi connectivity index (χ0n) is 11.0. The summed E-state index contributed by atoms with van der Waals surface area (Å²) in [5.41, 5.74) is 1.10. The van der Waals surface area contributed by atoms with Crippen molar-refractivity contribution in [3.8, 4) is 5.69 Å². The van der Waals surface area contributed by atoms with Gasteiger partial charge in [0.2, 0.25) is 5.95 Å². The highest BCUT2D eigenvalue weighted by Crippen LogP contribution is 2.22. The Labute approximate surface area is 116 Å². The minimum Gasteiger partial charge on any atom is -0.352 e. The number of rotatable bonds is 3. The summed E-state index contributed by atoms with van der Waals surface area (Å²) in [5.74, 6) is 0.320. The molecule has 2 rings (SSSR count). The normalized spacial score (nSPS) is 10.8. The van der Waals surface area contributed by atoms with Crippen LogP contribution >= 0.6 is 11.6 Å². The second-order valence-electron chi connectivity index (χ2n) is 4.54. The van der Waals surface area contributed by atoms with E-state index in [0.717, 1.165) is 5.56 Å². The van der Waals surface area contributed by atoms with Gasteiger partial charge in [-0.2, -0.15) is 4.98 Å². The van der Waals surface area contributed by atoms with E-state index in [2.05, 4.69) is 15.3 Å². The summed E-state index contributed by atoms with van der Waals surface area (Å²) in [6.07, 6.45) is 1.44. The molecule has 0 saturated heterocycles. The minimum absolute atomic E-state index is 0.164. The van der Waals surface area contributed by atoms with Crippen molar-refractivity contribution in [2.75, 3.05) is 5.32 Å². The number of aryl methyl sites for hydroxylation is 1. The van der Waals surface area contributed by atoms with Gasteiger partial charge in [0.15, 0.2) is 0 Å². The lowest BCUT2D eigenvalue weighted by molar-refractivity contribution is 0.818. The molecule has 0 aliphatic carbocycles. The molecule has 0 unspecified atom stereocenters. The Morgan fingerprint density at radius 2 is 2.11 bits per heavy atom. The highest BCUT2D eigenvalue weighted by molar-refractivity contribution is 6.32. The van der Waals surface area contributed by atoms with Crippen LogP contribution in [-0.4, -0.2) is 20.6 Å². The van der Waals surface area contributed by atoms with Crippen LogP contribution in [0.2, 0.25) is 5.02 Å². The molecule has 6 heteroatoms. The van der Waals surface area contributed by atoms with Crippen molar-refractivity contribution >= 4 is 17.5 Å². The summed E-state index contributed by atoms with van der Waals surface area (Å²) in [6.45, 7) is 5.79. The average Bonchev–Trinajstić information content (AvgIpc) is 2.30. The van der Waals surface area contributed by atoms with E-state index in [1.807, 2.05) is 32.9 Å². The van der Waals surface area contributed by atoms with Gasteiger partial charge < -0.3 is 5.32 Å². The third-order valence-electron chi connectivity index (χ3n) is 2.55. The first-order chi connectivity index (χ1) is 8.99. The Bertz CT molecular complexity index is 631. The van der Waals surface area contributed by atoms with Crippen LogP contribution in [0.1, 0.15) is 19.4 Å². The molecule has 0 bridgehead atoms. The average molecular weight is 279 g/mol. The molecule has 1 aromatic heterocycles. The van der Waals surface area contributed by atoms with E-state index in [4.69, 9.17) is 11.6 Å². The Kier molecular flexibility index (Phi) is 3.85. The third-order valence-corrected chi connectivity index (χ3v) is 2.86. The lowest BCUT2D eigenvalue weighted by Crippen LogP contribution is -2.25. The van der Waals surface area contributed by atoms with Gasteiger partial charge in [-0.15, -0.1) is 0 Å². The van der Waals surface area contributed by atoms with Gasteiger partial charge in [0, 0.05) is 6.04 Å². The highest BCUT2D eigenvalue weighted by atomic mass is 35.5. The van der Waals surface area contributed by atoms with Crippen LogP contribution in [-0.2, 0) is 0 Å². The molecule has 2 aromatic rings. The van der Waals surface area contributed by atoms with Crippen molar-refractivity contribution in [1.82, 2.24) is 14.5 Å². The fraction of sp³-hybridized carbons (Fsp3) is 0.308. The molecule has 0 spiro atoms. The Morgan fingerprint density at radius 1 is 1.37 bits per heavy atom. The molecule has 0 amide bonds. The number of nitrogens with zero attached hydrogens (tertiary/aromatic N) is 3. The van der Waals surface area contributed by atoms with E-state index in [0.29, 0.717) is 16.7 Å². The van der Waals surface area contributed by atoms with Gasteiger partial charge in [0.25, 0.3) is 0 Å². The third kappa shape index (κ3) is 2.93. The summed E-state index contributed by atoms with van der Waals surface area (Å²) in [7, 11) is 0. The van der Waals surface area contributed by atoms with Crippen LogP contribution in [0, 0.1) is 6.92 Å². The molecule has 0 radical (unpaired) electrons. The number of halogens is 1. The maximum absolute atomic E-state index is 12.0. The zero-order valence-corrected chi connectivity index (χ0v) is 11.8. The Hall–Kier alpha value is -1.88. The van der Waals surface area contributed by atoms with Gasteiger partial charge in [-0.1, -0.05) is 23.7 Å². The smallest absolute Gasteiger partial charge is 0.352 e. The fourth-order valence-electron chi connectivity index (χ4n) is 1.74. The second kappa shape index (κ2) is 5.40.